The zero-order valence-corrected chi connectivity index (χ0v) is 16.6. The summed E-state index contributed by atoms with van der Waals surface area (Å²) >= 11 is 1.70. The molecular weight excluding hydrogens is 388 g/mol. The summed E-state index contributed by atoms with van der Waals surface area (Å²) in [7, 11) is 0. The summed E-state index contributed by atoms with van der Waals surface area (Å²) in [5, 5.41) is 6.32. The maximum Gasteiger partial charge on any atom is 0.251 e. The van der Waals surface area contributed by atoms with Crippen LogP contribution in [0.5, 0.6) is 0 Å². The molecule has 0 aliphatic rings. The summed E-state index contributed by atoms with van der Waals surface area (Å²) in [5.41, 5.74) is 7.03. The number of aromatic nitrogens is 1. The predicted octanol–water partition coefficient (Wildman–Crippen LogP) is 2.86. The topological polar surface area (TPSA) is 114 Å². The fourth-order valence-electron chi connectivity index (χ4n) is 2.79. The summed E-state index contributed by atoms with van der Waals surface area (Å²) in [5.74, 6) is -1.07. The number of hydrogen-bond donors (Lipinski definition) is 3. The van der Waals surface area contributed by atoms with Crippen LogP contribution in [0.4, 0.5) is 5.69 Å². The van der Waals surface area contributed by atoms with E-state index in [-0.39, 0.29) is 12.5 Å². The minimum Gasteiger partial charge on any atom is -0.368 e. The zero-order valence-electron chi connectivity index (χ0n) is 15.8. The lowest BCUT2D eigenvalue weighted by molar-refractivity contribution is -0.117. The zero-order chi connectivity index (χ0) is 20.6. The van der Waals surface area contributed by atoms with E-state index in [9.17, 15) is 14.4 Å². The average Bonchev–Trinajstić information content (AvgIpc) is 3.13. The number of fused-ring (bicyclic) bond motifs is 1. The number of thiazole rings is 1. The summed E-state index contributed by atoms with van der Waals surface area (Å²) in [6.07, 6.45) is 2.95. The van der Waals surface area contributed by atoms with Gasteiger partial charge in [0.2, 0.25) is 11.8 Å². The Hall–Kier alpha value is -3.26. The van der Waals surface area contributed by atoms with Gasteiger partial charge in [-0.2, -0.15) is 0 Å². The van der Waals surface area contributed by atoms with Gasteiger partial charge in [0.15, 0.2) is 0 Å². The lowest BCUT2D eigenvalue weighted by Crippen LogP contribution is -2.33. The number of nitrogens with two attached hydrogens (primary N) is 1. The van der Waals surface area contributed by atoms with Crippen LogP contribution in [-0.4, -0.2) is 29.3 Å². The number of hydrogen-bond acceptors (Lipinski definition) is 5. The first-order valence-electron chi connectivity index (χ1n) is 9.32. The van der Waals surface area contributed by atoms with Gasteiger partial charge in [0.1, 0.15) is 0 Å². The summed E-state index contributed by atoms with van der Waals surface area (Å²) in [6.45, 7) is -0.214. The number of benzene rings is 2. The van der Waals surface area contributed by atoms with Gasteiger partial charge in [-0.05, 0) is 55.7 Å². The normalized spacial score (nSPS) is 10.6. The minimum atomic E-state index is -0.606. The quantitative estimate of drug-likeness (QED) is 0.471. The molecule has 7 nitrogen and oxygen atoms in total. The van der Waals surface area contributed by atoms with Crippen molar-refractivity contribution >= 4 is 45.0 Å². The monoisotopic (exact) mass is 410 g/mol. The van der Waals surface area contributed by atoms with Gasteiger partial charge in [-0.3, -0.25) is 14.4 Å². The third-order valence-electron chi connectivity index (χ3n) is 4.24. The number of rotatable bonds is 9. The van der Waals surface area contributed by atoms with Gasteiger partial charge in [0.05, 0.1) is 21.8 Å². The second-order valence-electron chi connectivity index (χ2n) is 6.56. The largest absolute Gasteiger partial charge is 0.368 e. The third-order valence-corrected chi connectivity index (χ3v) is 5.33. The van der Waals surface area contributed by atoms with E-state index in [1.807, 2.05) is 18.2 Å². The molecular formula is C21H22N4O3S. The molecule has 1 aromatic heterocycles. The molecule has 0 saturated carbocycles. The molecule has 0 aliphatic heterocycles. The van der Waals surface area contributed by atoms with Gasteiger partial charge in [-0.25, -0.2) is 4.98 Å². The summed E-state index contributed by atoms with van der Waals surface area (Å²) in [6, 6.07) is 14.5. The average molecular weight is 410 g/mol. The Morgan fingerprint density at radius 3 is 2.48 bits per heavy atom. The van der Waals surface area contributed by atoms with E-state index in [4.69, 9.17) is 5.73 Å². The van der Waals surface area contributed by atoms with E-state index in [1.165, 1.54) is 4.70 Å². The van der Waals surface area contributed by atoms with Gasteiger partial charge in [-0.15, -0.1) is 11.3 Å². The number of carbonyl (C=O) groups excluding carboxylic acids is 3. The SMILES string of the molecule is NC(=O)CNC(=O)c1ccc(NC(=O)CCCCc2nc3ccccc3s2)cc1. The number of amides is 3. The molecule has 3 rings (SSSR count). The van der Waals surface area contributed by atoms with Gasteiger partial charge < -0.3 is 16.4 Å². The van der Waals surface area contributed by atoms with E-state index in [0.717, 1.165) is 29.8 Å². The second kappa shape index (κ2) is 9.79. The number of para-hydroxylation sites is 1. The molecule has 0 unspecified atom stereocenters. The Bertz CT molecular complexity index is 981. The van der Waals surface area contributed by atoms with Gasteiger partial charge in [-0.1, -0.05) is 12.1 Å². The number of carbonyl (C=O) groups is 3. The van der Waals surface area contributed by atoms with E-state index in [2.05, 4.69) is 21.7 Å². The molecule has 29 heavy (non-hydrogen) atoms. The highest BCUT2D eigenvalue weighted by molar-refractivity contribution is 7.18. The van der Waals surface area contributed by atoms with Gasteiger partial charge >= 0.3 is 0 Å². The fraction of sp³-hybridized carbons (Fsp3) is 0.238. The maximum absolute atomic E-state index is 12.1. The third kappa shape index (κ3) is 6.11. The highest BCUT2D eigenvalue weighted by atomic mass is 32.1. The van der Waals surface area contributed by atoms with E-state index >= 15 is 0 Å². The van der Waals surface area contributed by atoms with Crippen LogP contribution < -0.4 is 16.4 Å². The van der Waals surface area contributed by atoms with E-state index in [0.29, 0.717) is 17.7 Å². The smallest absolute Gasteiger partial charge is 0.251 e. The Kier molecular flexibility index (Phi) is 6.91. The molecule has 3 amide bonds. The van der Waals surface area contributed by atoms with Crippen molar-refractivity contribution in [2.75, 3.05) is 11.9 Å². The van der Waals surface area contributed by atoms with Crippen LogP contribution in [0.15, 0.2) is 48.5 Å². The van der Waals surface area contributed by atoms with Crippen molar-refractivity contribution in [2.45, 2.75) is 25.7 Å². The number of nitrogens with zero attached hydrogens (tertiary/aromatic N) is 1. The Morgan fingerprint density at radius 1 is 1.00 bits per heavy atom. The molecule has 3 aromatic rings. The molecule has 0 radical (unpaired) electrons. The first kappa shape index (κ1) is 20.5. The first-order chi connectivity index (χ1) is 14.0. The molecule has 150 valence electrons. The first-order valence-corrected chi connectivity index (χ1v) is 10.1. The molecule has 0 bridgehead atoms. The second-order valence-corrected chi connectivity index (χ2v) is 7.67. The van der Waals surface area contributed by atoms with Crippen LogP contribution >= 0.6 is 11.3 Å². The molecule has 1 heterocycles. The van der Waals surface area contributed by atoms with Crippen molar-refractivity contribution in [1.82, 2.24) is 10.3 Å². The molecule has 0 aliphatic carbocycles. The molecule has 0 fully saturated rings. The Balaban J connectivity index is 1.39. The van der Waals surface area contributed by atoms with Crippen LogP contribution in [0.3, 0.4) is 0 Å². The van der Waals surface area contributed by atoms with Crippen molar-refractivity contribution in [3.63, 3.8) is 0 Å². The van der Waals surface area contributed by atoms with Gasteiger partial charge in [0, 0.05) is 17.7 Å². The number of anilines is 1. The minimum absolute atomic E-state index is 0.0692. The number of primary amides is 1. The summed E-state index contributed by atoms with van der Waals surface area (Å²) in [4.78, 5) is 39.2. The van der Waals surface area contributed by atoms with Crippen molar-refractivity contribution < 1.29 is 14.4 Å². The van der Waals surface area contributed by atoms with Crippen LogP contribution in [0, 0.1) is 0 Å². The molecule has 0 spiro atoms. The highest BCUT2D eigenvalue weighted by Gasteiger charge is 2.08. The van der Waals surface area contributed by atoms with E-state index < -0.39 is 11.8 Å². The number of aryl methyl sites for hydroxylation is 1. The standard InChI is InChI=1S/C21H22N4O3S/c22-18(26)13-23-21(28)14-9-11-15(12-10-14)24-19(27)7-3-4-8-20-25-16-5-1-2-6-17(16)29-20/h1-2,5-6,9-12H,3-4,7-8,13H2,(H2,22,26)(H,23,28)(H,24,27). The molecule has 8 heteroatoms. The van der Waals surface area contributed by atoms with Crippen LogP contribution in [0.1, 0.15) is 34.6 Å². The van der Waals surface area contributed by atoms with Crippen LogP contribution in [0.25, 0.3) is 10.2 Å². The summed E-state index contributed by atoms with van der Waals surface area (Å²) < 4.78 is 1.19. The van der Waals surface area contributed by atoms with Gasteiger partial charge in [0.25, 0.3) is 5.91 Å². The van der Waals surface area contributed by atoms with Crippen molar-refractivity contribution in [3.05, 3.63) is 59.1 Å². The highest BCUT2D eigenvalue weighted by Crippen LogP contribution is 2.23. The lowest BCUT2D eigenvalue weighted by Gasteiger charge is -2.07. The molecule has 4 N–H and O–H groups in total. The van der Waals surface area contributed by atoms with Crippen molar-refractivity contribution in [2.24, 2.45) is 5.73 Å². The maximum atomic E-state index is 12.1. The lowest BCUT2D eigenvalue weighted by atomic mass is 10.1. The molecule has 2 aromatic carbocycles. The van der Waals surface area contributed by atoms with E-state index in [1.54, 1.807) is 35.6 Å². The Morgan fingerprint density at radius 2 is 1.76 bits per heavy atom. The Labute approximate surface area is 172 Å². The molecule has 0 atom stereocenters. The number of unbranched alkanes of at least 4 members (excludes halogenated alkanes) is 1. The molecule has 0 saturated heterocycles. The number of nitrogens with one attached hydrogen (secondary N) is 2. The van der Waals surface area contributed by atoms with Crippen molar-refractivity contribution in [1.29, 1.82) is 0 Å². The fourth-order valence-corrected chi connectivity index (χ4v) is 3.80. The van der Waals surface area contributed by atoms with Crippen LogP contribution in [0.2, 0.25) is 0 Å². The van der Waals surface area contributed by atoms with Crippen molar-refractivity contribution in [3.8, 4) is 0 Å². The predicted molar refractivity (Wildman–Crippen MR) is 114 cm³/mol. The van der Waals surface area contributed by atoms with Crippen LogP contribution in [-0.2, 0) is 16.0 Å².